The van der Waals surface area contributed by atoms with Gasteiger partial charge >= 0.3 is 12.0 Å². The van der Waals surface area contributed by atoms with Crippen molar-refractivity contribution in [1.29, 1.82) is 0 Å². The summed E-state index contributed by atoms with van der Waals surface area (Å²) in [6, 6.07) is 5.24. The van der Waals surface area contributed by atoms with Crippen LogP contribution in [0.3, 0.4) is 0 Å². The van der Waals surface area contributed by atoms with Crippen molar-refractivity contribution in [2.75, 3.05) is 25.6 Å². The molecule has 0 aliphatic rings. The van der Waals surface area contributed by atoms with E-state index < -0.39 is 22.8 Å². The molecule has 0 spiro atoms. The molecule has 0 radical (unpaired) electrons. The molecule has 1 rings (SSSR count). The number of benzene rings is 1. The van der Waals surface area contributed by atoms with E-state index in [2.05, 4.69) is 10.1 Å². The van der Waals surface area contributed by atoms with Crippen molar-refractivity contribution in [3.8, 4) is 0 Å². The van der Waals surface area contributed by atoms with Crippen molar-refractivity contribution in [1.82, 2.24) is 5.32 Å². The number of hydrogen-bond donors (Lipinski definition) is 1. The van der Waals surface area contributed by atoms with E-state index in [-0.39, 0.29) is 12.2 Å². The lowest BCUT2D eigenvalue weighted by Gasteiger charge is -2.19. The first-order valence-corrected chi connectivity index (χ1v) is 6.20. The molecule has 0 fully saturated rings. The van der Waals surface area contributed by atoms with Crippen LogP contribution in [0.4, 0.5) is 16.2 Å². The minimum Gasteiger partial charge on any atom is -0.469 e. The molecular weight excluding hydrogens is 278 g/mol. The summed E-state index contributed by atoms with van der Waals surface area (Å²) in [6.45, 7) is 1.74. The molecule has 1 aromatic rings. The Morgan fingerprint density at radius 1 is 1.48 bits per heavy atom. The van der Waals surface area contributed by atoms with Gasteiger partial charge in [0.2, 0.25) is 0 Å². The number of carbonyl (C=O) groups excluding carboxylic acids is 2. The van der Waals surface area contributed by atoms with Crippen LogP contribution in [0.25, 0.3) is 0 Å². The Kier molecular flexibility index (Phi) is 5.65. The van der Waals surface area contributed by atoms with E-state index in [1.807, 2.05) is 0 Å². The van der Waals surface area contributed by atoms with Crippen molar-refractivity contribution in [2.24, 2.45) is 5.92 Å². The van der Waals surface area contributed by atoms with Gasteiger partial charge in [0, 0.05) is 25.7 Å². The Morgan fingerprint density at radius 3 is 2.71 bits per heavy atom. The van der Waals surface area contributed by atoms with Crippen LogP contribution in [0.5, 0.6) is 0 Å². The highest BCUT2D eigenvalue weighted by atomic mass is 16.6. The molecule has 1 unspecified atom stereocenters. The van der Waals surface area contributed by atoms with Crippen LogP contribution >= 0.6 is 0 Å². The fourth-order valence-electron chi connectivity index (χ4n) is 1.58. The molecular formula is C13H17N3O5. The highest BCUT2D eigenvalue weighted by molar-refractivity contribution is 5.92. The highest BCUT2D eigenvalue weighted by Crippen LogP contribution is 2.20. The van der Waals surface area contributed by atoms with Gasteiger partial charge in [-0.3, -0.25) is 19.8 Å². The molecule has 0 aliphatic heterocycles. The van der Waals surface area contributed by atoms with Crippen LogP contribution in [0.2, 0.25) is 0 Å². The first-order chi connectivity index (χ1) is 9.86. The smallest absolute Gasteiger partial charge is 0.321 e. The average Bonchev–Trinajstić information content (AvgIpc) is 2.50. The van der Waals surface area contributed by atoms with Gasteiger partial charge in [-0.1, -0.05) is 13.0 Å². The zero-order chi connectivity index (χ0) is 16.0. The van der Waals surface area contributed by atoms with Gasteiger partial charge in [0.25, 0.3) is 5.69 Å². The number of amides is 2. The number of nitrogens with one attached hydrogen (secondary N) is 1. The zero-order valence-corrected chi connectivity index (χ0v) is 12.0. The number of rotatable bonds is 5. The lowest BCUT2D eigenvalue weighted by molar-refractivity contribution is -0.384. The summed E-state index contributed by atoms with van der Waals surface area (Å²) in [5.74, 6) is -0.897. The van der Waals surface area contributed by atoms with Crippen LogP contribution in [0, 0.1) is 16.0 Å². The van der Waals surface area contributed by atoms with Gasteiger partial charge in [-0.25, -0.2) is 4.79 Å². The topological polar surface area (TPSA) is 102 Å². The Balaban J connectivity index is 2.68. The number of nitro groups is 1. The van der Waals surface area contributed by atoms with E-state index in [0.29, 0.717) is 5.69 Å². The summed E-state index contributed by atoms with van der Waals surface area (Å²) >= 11 is 0. The number of esters is 1. The molecule has 0 aromatic heterocycles. The van der Waals surface area contributed by atoms with E-state index >= 15 is 0 Å². The number of urea groups is 1. The SMILES string of the molecule is COC(=O)C(C)CNC(=O)N(C)c1cccc([N+](=O)[O-])c1. The second-order valence-electron chi connectivity index (χ2n) is 4.45. The number of hydrogen-bond acceptors (Lipinski definition) is 5. The van der Waals surface area contributed by atoms with Crippen molar-refractivity contribution in [3.63, 3.8) is 0 Å². The minimum absolute atomic E-state index is 0.102. The van der Waals surface area contributed by atoms with Gasteiger partial charge < -0.3 is 10.1 Å². The highest BCUT2D eigenvalue weighted by Gasteiger charge is 2.17. The molecule has 0 heterocycles. The number of carbonyl (C=O) groups is 2. The van der Waals surface area contributed by atoms with E-state index in [0.717, 1.165) is 0 Å². The monoisotopic (exact) mass is 295 g/mol. The number of ether oxygens (including phenoxy) is 1. The molecule has 0 saturated heterocycles. The van der Waals surface area contributed by atoms with Gasteiger partial charge in [-0.15, -0.1) is 0 Å². The fraction of sp³-hybridized carbons (Fsp3) is 0.385. The average molecular weight is 295 g/mol. The lowest BCUT2D eigenvalue weighted by atomic mass is 10.2. The van der Waals surface area contributed by atoms with Crippen LogP contribution in [0.15, 0.2) is 24.3 Å². The molecule has 1 atom stereocenters. The molecule has 1 aromatic carbocycles. The number of nitro benzene ring substituents is 1. The second-order valence-corrected chi connectivity index (χ2v) is 4.45. The van der Waals surface area contributed by atoms with Gasteiger partial charge in [0.1, 0.15) is 0 Å². The zero-order valence-electron chi connectivity index (χ0n) is 12.0. The van der Waals surface area contributed by atoms with Crippen LogP contribution in [-0.4, -0.2) is 37.6 Å². The van der Waals surface area contributed by atoms with Crippen molar-refractivity contribution in [2.45, 2.75) is 6.92 Å². The third kappa shape index (κ3) is 4.44. The maximum absolute atomic E-state index is 11.9. The summed E-state index contributed by atoms with van der Waals surface area (Å²) in [5.41, 5.74) is 0.280. The van der Waals surface area contributed by atoms with E-state index in [9.17, 15) is 19.7 Å². The largest absolute Gasteiger partial charge is 0.469 e. The third-order valence-electron chi connectivity index (χ3n) is 2.90. The number of anilines is 1. The first-order valence-electron chi connectivity index (χ1n) is 6.20. The first kappa shape index (κ1) is 16.4. The quantitative estimate of drug-likeness (QED) is 0.504. The maximum Gasteiger partial charge on any atom is 0.321 e. The predicted molar refractivity (Wildman–Crippen MR) is 76.1 cm³/mol. The summed E-state index contributed by atoms with van der Waals surface area (Å²) in [5, 5.41) is 13.3. The number of non-ortho nitro benzene ring substituents is 1. The summed E-state index contributed by atoms with van der Waals surface area (Å²) in [7, 11) is 2.76. The number of methoxy groups -OCH3 is 1. The Hall–Kier alpha value is -2.64. The van der Waals surface area contributed by atoms with E-state index in [1.54, 1.807) is 13.0 Å². The second kappa shape index (κ2) is 7.22. The predicted octanol–water partition coefficient (Wildman–Crippen LogP) is 1.55. The molecule has 8 nitrogen and oxygen atoms in total. The molecule has 2 amide bonds. The van der Waals surface area contributed by atoms with Gasteiger partial charge in [-0.05, 0) is 6.07 Å². The Bertz CT molecular complexity index is 546. The molecule has 0 saturated carbocycles. The third-order valence-corrected chi connectivity index (χ3v) is 2.90. The Morgan fingerprint density at radius 2 is 2.14 bits per heavy atom. The van der Waals surface area contributed by atoms with Crippen molar-refractivity contribution in [3.05, 3.63) is 34.4 Å². The number of nitrogens with zero attached hydrogens (tertiary/aromatic N) is 2. The van der Waals surface area contributed by atoms with Crippen LogP contribution < -0.4 is 10.2 Å². The molecule has 114 valence electrons. The Labute approximate surface area is 121 Å². The molecule has 21 heavy (non-hydrogen) atoms. The normalized spacial score (nSPS) is 11.4. The van der Waals surface area contributed by atoms with Gasteiger partial charge in [0.05, 0.1) is 23.6 Å². The van der Waals surface area contributed by atoms with Crippen LogP contribution in [0.1, 0.15) is 6.92 Å². The fourth-order valence-corrected chi connectivity index (χ4v) is 1.58. The standard InChI is InChI=1S/C13H17N3O5/c1-9(12(17)21-3)8-14-13(18)15(2)10-5-4-6-11(7-10)16(19)20/h4-7,9H,8H2,1-3H3,(H,14,18). The summed E-state index contributed by atoms with van der Waals surface area (Å²) in [6.07, 6.45) is 0. The molecule has 0 aliphatic carbocycles. The molecule has 8 heteroatoms. The van der Waals surface area contributed by atoms with Crippen molar-refractivity contribution >= 4 is 23.4 Å². The minimum atomic E-state index is -0.533. The lowest BCUT2D eigenvalue weighted by Crippen LogP contribution is -2.40. The van der Waals surface area contributed by atoms with Gasteiger partial charge in [0.15, 0.2) is 0 Å². The van der Waals surface area contributed by atoms with E-state index in [1.165, 1.54) is 37.3 Å². The molecule has 1 N–H and O–H groups in total. The maximum atomic E-state index is 11.9. The van der Waals surface area contributed by atoms with Crippen molar-refractivity contribution < 1.29 is 19.2 Å². The molecule has 0 bridgehead atoms. The van der Waals surface area contributed by atoms with Gasteiger partial charge in [-0.2, -0.15) is 0 Å². The summed E-state index contributed by atoms with van der Waals surface area (Å²) in [4.78, 5) is 34.6. The summed E-state index contributed by atoms with van der Waals surface area (Å²) < 4.78 is 4.55. The van der Waals surface area contributed by atoms with Crippen LogP contribution in [-0.2, 0) is 9.53 Å². The van der Waals surface area contributed by atoms with E-state index in [4.69, 9.17) is 0 Å².